The number of unbranched alkanes of at least 4 members (excludes halogenated alkanes) is 17. The van der Waals surface area contributed by atoms with Crippen molar-refractivity contribution in [2.75, 3.05) is 0 Å². The molecule has 2 heterocycles. The van der Waals surface area contributed by atoms with E-state index in [2.05, 4.69) is 73.7 Å². The Hall–Kier alpha value is -1.12. The fraction of sp³-hybridized carbons (Fsp3) is 0.762. The van der Waals surface area contributed by atoms with Gasteiger partial charge in [0.05, 0.1) is 0 Å². The summed E-state index contributed by atoms with van der Waals surface area (Å²) in [6.07, 6.45) is 44.7. The molecule has 0 saturated heterocycles. The number of aromatic nitrogens is 2. The van der Waals surface area contributed by atoms with Gasteiger partial charge in [-0.1, -0.05) is 118 Å². The summed E-state index contributed by atoms with van der Waals surface area (Å²) >= 11 is 0. The average molecular weight is 678 g/mol. The van der Waals surface area contributed by atoms with Crippen LogP contribution in [0, 0.1) is 0 Å². The summed E-state index contributed by atoms with van der Waals surface area (Å²) in [6, 6.07) is 4.87. The number of aryl methyl sites for hydroxylation is 6. The normalized spacial score (nSPS) is 11.0. The molecule has 0 atom stereocenters. The van der Waals surface area contributed by atoms with Gasteiger partial charge in [-0.15, -0.1) is 0 Å². The fourth-order valence-electron chi connectivity index (χ4n) is 6.72. The first-order chi connectivity index (χ1) is 21.7. The molecule has 0 saturated carbocycles. The largest absolute Gasteiger partial charge is 1.00 e. The number of hydrogen-bond donors (Lipinski definition) is 0. The Morgan fingerprint density at radius 2 is 0.630 bits per heavy atom. The molecule has 2 rings (SSSR count). The number of halogens is 2. The topological polar surface area (TPSA) is 7.76 Å². The van der Waals surface area contributed by atoms with Crippen LogP contribution in [0.2, 0.25) is 0 Å². The molecule has 266 valence electrons. The van der Waals surface area contributed by atoms with Crippen LogP contribution in [0.25, 0.3) is 0 Å². The van der Waals surface area contributed by atoms with Gasteiger partial charge in [0, 0.05) is 36.1 Å². The van der Waals surface area contributed by atoms with Crippen molar-refractivity contribution in [2.24, 2.45) is 0 Å². The quantitative estimate of drug-likeness (QED) is 0.0760. The van der Waals surface area contributed by atoms with Crippen LogP contribution in [0.4, 0.5) is 0 Å². The lowest BCUT2D eigenvalue weighted by Crippen LogP contribution is -3.00. The smallest absolute Gasteiger partial charge is 0.172 e. The molecule has 0 radical (unpaired) electrons. The number of pyridine rings is 2. The maximum atomic E-state index is 2.49. The van der Waals surface area contributed by atoms with Crippen molar-refractivity contribution in [1.29, 1.82) is 0 Å². The Bertz CT molecular complexity index is 883. The van der Waals surface area contributed by atoms with E-state index in [9.17, 15) is 0 Å². The monoisotopic (exact) mass is 677 g/mol. The van der Waals surface area contributed by atoms with Crippen LogP contribution >= 0.6 is 0 Å². The Morgan fingerprint density at radius 1 is 0.348 bits per heavy atom. The van der Waals surface area contributed by atoms with Crippen molar-refractivity contribution in [2.45, 2.75) is 208 Å². The second-order valence-electron chi connectivity index (χ2n) is 13.8. The molecule has 2 aromatic rings. The predicted molar refractivity (Wildman–Crippen MR) is 192 cm³/mol. The molecule has 4 heteroatoms. The molecule has 0 N–H and O–H groups in total. The van der Waals surface area contributed by atoms with Gasteiger partial charge >= 0.3 is 0 Å². The minimum absolute atomic E-state index is 0. The summed E-state index contributed by atoms with van der Waals surface area (Å²) in [7, 11) is 0. The zero-order valence-corrected chi connectivity index (χ0v) is 32.4. The minimum Gasteiger partial charge on any atom is -1.00 e. The van der Waals surface area contributed by atoms with E-state index in [1.54, 1.807) is 22.3 Å². The maximum Gasteiger partial charge on any atom is 0.172 e. The van der Waals surface area contributed by atoms with E-state index in [0.29, 0.717) is 0 Å². The SMILES string of the molecule is CCCCCc1cc[n+](CCCCCCCCCCCC[n+]2ccc(CCCCC)c(CCCCC)c2)cc1CCCCC.[Cl-].[Cl-]. The molecule has 0 aliphatic carbocycles. The van der Waals surface area contributed by atoms with Gasteiger partial charge < -0.3 is 24.8 Å². The number of hydrogen-bond acceptors (Lipinski definition) is 0. The molecule has 0 bridgehead atoms. The van der Waals surface area contributed by atoms with E-state index in [1.165, 1.54) is 180 Å². The first-order valence-corrected chi connectivity index (χ1v) is 19.7. The Kier molecular flexibility index (Phi) is 30.4. The lowest BCUT2D eigenvalue weighted by molar-refractivity contribution is -0.698. The summed E-state index contributed by atoms with van der Waals surface area (Å²) in [6.45, 7) is 11.6. The molecule has 0 aliphatic rings. The third kappa shape index (κ3) is 21.0. The van der Waals surface area contributed by atoms with Gasteiger partial charge in [0.2, 0.25) is 0 Å². The van der Waals surface area contributed by atoms with E-state index in [-0.39, 0.29) is 24.8 Å². The molecule has 0 aromatic carbocycles. The molecule has 2 aromatic heterocycles. The highest BCUT2D eigenvalue weighted by molar-refractivity contribution is 5.22. The van der Waals surface area contributed by atoms with Gasteiger partial charge in [-0.25, -0.2) is 9.13 Å². The van der Waals surface area contributed by atoms with Crippen molar-refractivity contribution in [3.05, 3.63) is 59.2 Å². The van der Waals surface area contributed by atoms with Gasteiger partial charge in [-0.05, 0) is 75.3 Å². The summed E-state index contributed by atoms with van der Waals surface area (Å²) in [4.78, 5) is 0. The van der Waals surface area contributed by atoms with Gasteiger partial charge in [-0.3, -0.25) is 0 Å². The van der Waals surface area contributed by atoms with Gasteiger partial charge in [0.25, 0.3) is 0 Å². The lowest BCUT2D eigenvalue weighted by atomic mass is 9.99. The fourth-order valence-corrected chi connectivity index (χ4v) is 6.72. The second kappa shape index (κ2) is 31.2. The average Bonchev–Trinajstić information content (AvgIpc) is 3.03. The first kappa shape index (κ1) is 44.9. The highest BCUT2D eigenvalue weighted by Gasteiger charge is 2.11. The second-order valence-corrected chi connectivity index (χ2v) is 13.8. The van der Waals surface area contributed by atoms with E-state index in [4.69, 9.17) is 0 Å². The van der Waals surface area contributed by atoms with Gasteiger partial charge in [-0.2, -0.15) is 0 Å². The van der Waals surface area contributed by atoms with Crippen molar-refractivity contribution < 1.29 is 33.9 Å². The van der Waals surface area contributed by atoms with Crippen molar-refractivity contribution in [3.8, 4) is 0 Å². The Morgan fingerprint density at radius 3 is 0.935 bits per heavy atom. The molecular formula is C42H74Cl2N2. The highest BCUT2D eigenvalue weighted by atomic mass is 35.5. The summed E-state index contributed by atoms with van der Waals surface area (Å²) < 4.78 is 4.97. The van der Waals surface area contributed by atoms with E-state index in [0.717, 1.165) is 0 Å². The molecule has 0 aliphatic heterocycles. The molecule has 46 heavy (non-hydrogen) atoms. The van der Waals surface area contributed by atoms with Crippen LogP contribution in [0.3, 0.4) is 0 Å². The third-order valence-corrected chi connectivity index (χ3v) is 9.68. The number of rotatable bonds is 29. The molecular weight excluding hydrogens is 603 g/mol. The standard InChI is InChI=1S/C42H74N2.2ClH/c1-5-9-21-27-39-31-35-43(37-41(39)29-23-11-7-3)33-25-19-17-15-13-14-16-18-20-26-34-44-36-32-40(28-22-10-6-2)42(38-44)30-24-12-8-4;;/h31-32,35-38H,5-30,33-34H2,1-4H3;2*1H/q+2;;/p-2. The molecule has 2 nitrogen and oxygen atoms in total. The summed E-state index contributed by atoms with van der Waals surface area (Å²) in [5.41, 5.74) is 6.48. The third-order valence-electron chi connectivity index (χ3n) is 9.68. The highest BCUT2D eigenvalue weighted by Crippen LogP contribution is 2.17. The Balaban J connectivity index is 0.0000101. The van der Waals surface area contributed by atoms with Crippen LogP contribution in [0.5, 0.6) is 0 Å². The molecule has 0 spiro atoms. The van der Waals surface area contributed by atoms with Crippen LogP contribution < -0.4 is 33.9 Å². The molecule has 0 unspecified atom stereocenters. The van der Waals surface area contributed by atoms with Crippen LogP contribution in [0.1, 0.15) is 191 Å². The van der Waals surface area contributed by atoms with Crippen LogP contribution in [0.15, 0.2) is 36.9 Å². The van der Waals surface area contributed by atoms with Crippen molar-refractivity contribution in [1.82, 2.24) is 0 Å². The van der Waals surface area contributed by atoms with Crippen LogP contribution in [-0.4, -0.2) is 0 Å². The maximum absolute atomic E-state index is 2.49. The van der Waals surface area contributed by atoms with Crippen molar-refractivity contribution in [3.63, 3.8) is 0 Å². The molecule has 0 amide bonds. The van der Waals surface area contributed by atoms with Gasteiger partial charge in [0.1, 0.15) is 13.1 Å². The Labute approximate surface area is 299 Å². The lowest BCUT2D eigenvalue weighted by Gasteiger charge is -2.09. The summed E-state index contributed by atoms with van der Waals surface area (Å²) in [5.74, 6) is 0. The number of nitrogens with zero attached hydrogens (tertiary/aromatic N) is 2. The minimum atomic E-state index is 0. The zero-order valence-electron chi connectivity index (χ0n) is 30.9. The molecule has 0 fully saturated rings. The van der Waals surface area contributed by atoms with E-state index < -0.39 is 0 Å². The predicted octanol–water partition coefficient (Wildman–Crippen LogP) is 5.80. The van der Waals surface area contributed by atoms with Crippen molar-refractivity contribution >= 4 is 0 Å². The van der Waals surface area contributed by atoms with Gasteiger partial charge in [0.15, 0.2) is 24.8 Å². The van der Waals surface area contributed by atoms with Crippen LogP contribution in [-0.2, 0) is 38.8 Å². The summed E-state index contributed by atoms with van der Waals surface area (Å²) in [5, 5.41) is 0. The first-order valence-electron chi connectivity index (χ1n) is 19.7. The van der Waals surface area contributed by atoms with E-state index >= 15 is 0 Å². The zero-order chi connectivity index (χ0) is 31.5. The van der Waals surface area contributed by atoms with E-state index in [1.807, 2.05) is 0 Å².